The van der Waals surface area contributed by atoms with Crippen LogP contribution in [0.5, 0.6) is 0 Å². The van der Waals surface area contributed by atoms with E-state index in [2.05, 4.69) is 13.8 Å². The molecule has 65 heavy (non-hydrogen) atoms. The van der Waals surface area contributed by atoms with Crippen LogP contribution in [-0.2, 0) is 32.7 Å². The van der Waals surface area contributed by atoms with Gasteiger partial charge >= 0.3 is 11.9 Å². The fraction of sp³-hybridized carbons (Fsp3) is 0.964. The number of phosphoric acid groups is 1. The first-order valence-electron chi connectivity index (χ1n) is 28.2. The van der Waals surface area contributed by atoms with Crippen LogP contribution in [0.1, 0.15) is 290 Å². The molecular formula is C55H110NO8P. The molecule has 388 valence electrons. The molecular weight excluding hydrogens is 834 g/mol. The summed E-state index contributed by atoms with van der Waals surface area (Å²) < 4.78 is 33.8. The standard InChI is InChI=1S/C55H110NO8P/c1-6-8-10-12-13-14-15-16-17-18-19-20-21-22-23-24-25-26-27-28-29-30-31-32-33-34-35-36-37-38-39-40-41-42-44-46-48-55(58)64-53(51-61-54(57)47-45-43-11-9-7-2)52-63-65(59,60)62-50-49-56(3,4)5/h53H,6-52H2,1-5H3. The minimum atomic E-state index is -4.61. The van der Waals surface area contributed by atoms with Crippen molar-refractivity contribution in [1.29, 1.82) is 0 Å². The number of phosphoric ester groups is 1. The Kier molecular flexibility index (Phi) is 47.3. The molecule has 0 amide bonds. The molecule has 2 atom stereocenters. The van der Waals surface area contributed by atoms with Crippen molar-refractivity contribution < 1.29 is 42.1 Å². The van der Waals surface area contributed by atoms with E-state index in [1.807, 2.05) is 21.1 Å². The summed E-state index contributed by atoms with van der Waals surface area (Å²) in [5, 5.41) is 0. The van der Waals surface area contributed by atoms with Gasteiger partial charge in [-0.05, 0) is 12.8 Å². The number of esters is 2. The van der Waals surface area contributed by atoms with Gasteiger partial charge in [0.1, 0.15) is 19.8 Å². The first-order valence-corrected chi connectivity index (χ1v) is 29.7. The van der Waals surface area contributed by atoms with Crippen molar-refractivity contribution in [3.05, 3.63) is 0 Å². The number of likely N-dealkylation sites (N-methyl/N-ethyl adjacent to an activating group) is 1. The Morgan fingerprint density at radius 3 is 0.985 bits per heavy atom. The van der Waals surface area contributed by atoms with Crippen molar-refractivity contribution in [2.24, 2.45) is 0 Å². The Labute approximate surface area is 404 Å². The maximum absolute atomic E-state index is 12.7. The third-order valence-corrected chi connectivity index (χ3v) is 13.8. The number of hydrogen-bond donors (Lipinski definition) is 0. The van der Waals surface area contributed by atoms with Gasteiger partial charge in [-0.1, -0.05) is 264 Å². The van der Waals surface area contributed by atoms with Crippen LogP contribution in [0.2, 0.25) is 0 Å². The number of ether oxygens (including phenoxy) is 2. The summed E-state index contributed by atoms with van der Waals surface area (Å²) >= 11 is 0. The molecule has 0 spiro atoms. The van der Waals surface area contributed by atoms with Gasteiger partial charge in [0, 0.05) is 12.8 Å². The van der Waals surface area contributed by atoms with Gasteiger partial charge in [0.25, 0.3) is 7.82 Å². The van der Waals surface area contributed by atoms with Crippen LogP contribution < -0.4 is 4.89 Å². The highest BCUT2D eigenvalue weighted by atomic mass is 31.2. The lowest BCUT2D eigenvalue weighted by atomic mass is 10.0. The van der Waals surface area contributed by atoms with Gasteiger partial charge in [-0.2, -0.15) is 0 Å². The van der Waals surface area contributed by atoms with Crippen molar-refractivity contribution in [2.45, 2.75) is 296 Å². The van der Waals surface area contributed by atoms with E-state index >= 15 is 0 Å². The number of unbranched alkanes of at least 4 members (excludes halogenated alkanes) is 39. The van der Waals surface area contributed by atoms with Crippen molar-refractivity contribution >= 4 is 19.8 Å². The molecule has 10 heteroatoms. The Morgan fingerprint density at radius 2 is 0.692 bits per heavy atom. The highest BCUT2D eigenvalue weighted by molar-refractivity contribution is 7.45. The maximum atomic E-state index is 12.7. The van der Waals surface area contributed by atoms with Crippen LogP contribution in [0.25, 0.3) is 0 Å². The fourth-order valence-corrected chi connectivity index (χ4v) is 9.21. The van der Waals surface area contributed by atoms with Crippen molar-refractivity contribution in [2.75, 3.05) is 47.5 Å². The Balaban J connectivity index is 3.71. The largest absolute Gasteiger partial charge is 0.756 e. The highest BCUT2D eigenvalue weighted by Crippen LogP contribution is 2.38. The summed E-state index contributed by atoms with van der Waals surface area (Å²) in [5.41, 5.74) is 0. The molecule has 0 aliphatic carbocycles. The molecule has 2 unspecified atom stereocenters. The smallest absolute Gasteiger partial charge is 0.306 e. The first kappa shape index (κ1) is 64.0. The van der Waals surface area contributed by atoms with E-state index in [4.69, 9.17) is 18.5 Å². The van der Waals surface area contributed by atoms with E-state index in [1.54, 1.807) is 0 Å². The number of quaternary nitrogens is 1. The number of rotatable bonds is 53. The van der Waals surface area contributed by atoms with E-state index in [0.29, 0.717) is 17.4 Å². The zero-order valence-electron chi connectivity index (χ0n) is 44.0. The Hall–Kier alpha value is -0.990. The lowest BCUT2D eigenvalue weighted by Gasteiger charge is -2.28. The topological polar surface area (TPSA) is 111 Å². The normalized spacial score (nSPS) is 13.3. The number of hydrogen-bond acceptors (Lipinski definition) is 8. The quantitative estimate of drug-likeness (QED) is 0.0257. The second-order valence-electron chi connectivity index (χ2n) is 20.7. The van der Waals surface area contributed by atoms with Crippen LogP contribution in [-0.4, -0.2) is 70.0 Å². The zero-order valence-corrected chi connectivity index (χ0v) is 44.9. The summed E-state index contributed by atoms with van der Waals surface area (Å²) in [4.78, 5) is 37.3. The molecule has 0 aromatic rings. The predicted octanol–water partition coefficient (Wildman–Crippen LogP) is 16.5. The summed E-state index contributed by atoms with van der Waals surface area (Å²) in [6.07, 6.45) is 53.9. The van der Waals surface area contributed by atoms with Gasteiger partial charge < -0.3 is 27.9 Å². The molecule has 0 saturated heterocycles. The monoisotopic (exact) mass is 944 g/mol. The molecule has 0 fully saturated rings. The number of nitrogens with zero attached hydrogens (tertiary/aromatic N) is 1. The second kappa shape index (κ2) is 48.1. The van der Waals surface area contributed by atoms with Crippen molar-refractivity contribution in [3.8, 4) is 0 Å². The minimum Gasteiger partial charge on any atom is -0.756 e. The molecule has 0 rings (SSSR count). The van der Waals surface area contributed by atoms with E-state index in [1.165, 1.54) is 212 Å². The van der Waals surface area contributed by atoms with Crippen molar-refractivity contribution in [3.63, 3.8) is 0 Å². The molecule has 0 saturated carbocycles. The third-order valence-electron chi connectivity index (χ3n) is 12.9. The molecule has 0 aliphatic rings. The SMILES string of the molecule is CCCCCCCCCCCCCCCCCCCCCCCCCCCCCCCCCCCCCCC(=O)OC(COC(=O)CCCCCCC)COP(=O)([O-])OCC[N+](C)(C)C. The van der Waals surface area contributed by atoms with Crippen LogP contribution in [0.4, 0.5) is 0 Å². The Morgan fingerprint density at radius 1 is 0.415 bits per heavy atom. The summed E-state index contributed by atoms with van der Waals surface area (Å²) in [7, 11) is 1.18. The highest BCUT2D eigenvalue weighted by Gasteiger charge is 2.22. The summed E-state index contributed by atoms with van der Waals surface area (Å²) in [5.74, 6) is -0.833. The van der Waals surface area contributed by atoms with Crippen LogP contribution in [0, 0.1) is 0 Å². The van der Waals surface area contributed by atoms with Gasteiger partial charge in [0.15, 0.2) is 6.10 Å². The van der Waals surface area contributed by atoms with E-state index < -0.39 is 26.5 Å². The Bertz CT molecular complexity index is 1070. The van der Waals surface area contributed by atoms with Gasteiger partial charge in [-0.3, -0.25) is 14.2 Å². The minimum absolute atomic E-state index is 0.0263. The summed E-state index contributed by atoms with van der Waals surface area (Å²) in [6.45, 7) is 4.18. The second-order valence-corrected chi connectivity index (χ2v) is 22.1. The maximum Gasteiger partial charge on any atom is 0.306 e. The molecule has 0 aliphatic heterocycles. The lowest BCUT2D eigenvalue weighted by Crippen LogP contribution is -2.37. The molecule has 9 nitrogen and oxygen atoms in total. The lowest BCUT2D eigenvalue weighted by molar-refractivity contribution is -0.870. The molecule has 0 aromatic heterocycles. The first-order chi connectivity index (χ1) is 31.5. The van der Waals surface area contributed by atoms with Crippen LogP contribution in [0.15, 0.2) is 0 Å². The molecule has 0 heterocycles. The van der Waals surface area contributed by atoms with E-state index in [9.17, 15) is 19.0 Å². The van der Waals surface area contributed by atoms with E-state index in [0.717, 1.165) is 44.9 Å². The average Bonchev–Trinajstić information content (AvgIpc) is 3.26. The predicted molar refractivity (Wildman–Crippen MR) is 273 cm³/mol. The van der Waals surface area contributed by atoms with E-state index in [-0.39, 0.29) is 32.0 Å². The van der Waals surface area contributed by atoms with Crippen LogP contribution >= 0.6 is 7.82 Å². The van der Waals surface area contributed by atoms with Gasteiger partial charge in [0.05, 0.1) is 27.7 Å². The van der Waals surface area contributed by atoms with Gasteiger partial charge in [-0.25, -0.2) is 0 Å². The van der Waals surface area contributed by atoms with Gasteiger partial charge in [0.2, 0.25) is 0 Å². The number of carbonyl (C=O) groups excluding carboxylic acids is 2. The zero-order chi connectivity index (χ0) is 47.8. The molecule has 0 N–H and O–H groups in total. The number of carbonyl (C=O) groups is 2. The third kappa shape index (κ3) is 52.2. The molecule has 0 aromatic carbocycles. The summed E-state index contributed by atoms with van der Waals surface area (Å²) in [6, 6.07) is 0. The van der Waals surface area contributed by atoms with Crippen LogP contribution in [0.3, 0.4) is 0 Å². The fourth-order valence-electron chi connectivity index (χ4n) is 8.48. The van der Waals surface area contributed by atoms with Gasteiger partial charge in [-0.15, -0.1) is 0 Å². The average molecular weight is 944 g/mol. The van der Waals surface area contributed by atoms with Crippen molar-refractivity contribution in [1.82, 2.24) is 0 Å². The molecule has 0 radical (unpaired) electrons. The molecule has 0 bridgehead atoms.